The van der Waals surface area contributed by atoms with Crippen LogP contribution in [-0.4, -0.2) is 21.9 Å². The van der Waals surface area contributed by atoms with Gasteiger partial charge in [0.25, 0.3) is 0 Å². The fourth-order valence-electron chi connectivity index (χ4n) is 2.47. The zero-order chi connectivity index (χ0) is 18.0. The van der Waals surface area contributed by atoms with Crippen molar-refractivity contribution in [3.05, 3.63) is 47.5 Å². The molecule has 25 heavy (non-hydrogen) atoms. The number of nitrogens with one attached hydrogen (secondary N) is 2. The molecule has 0 aliphatic carbocycles. The summed E-state index contributed by atoms with van der Waals surface area (Å²) in [5.74, 6) is 0.544. The summed E-state index contributed by atoms with van der Waals surface area (Å²) in [7, 11) is 1.85. The van der Waals surface area contributed by atoms with Gasteiger partial charge in [-0.2, -0.15) is 0 Å². The van der Waals surface area contributed by atoms with Crippen molar-refractivity contribution in [2.24, 2.45) is 7.05 Å². The van der Waals surface area contributed by atoms with Gasteiger partial charge in [-0.05, 0) is 44.2 Å². The predicted octanol–water partition coefficient (Wildman–Crippen LogP) is 4.66. The highest BCUT2D eigenvalue weighted by Gasteiger charge is 2.13. The van der Waals surface area contributed by atoms with Gasteiger partial charge in [-0.3, -0.25) is 4.68 Å². The van der Waals surface area contributed by atoms with Gasteiger partial charge in [0.1, 0.15) is 0 Å². The minimum Gasteiger partial charge on any atom is -0.473 e. The summed E-state index contributed by atoms with van der Waals surface area (Å²) in [6, 6.07) is 12.2. The van der Waals surface area contributed by atoms with E-state index in [1.54, 1.807) is 28.9 Å². The van der Waals surface area contributed by atoms with Crippen LogP contribution in [0.1, 0.15) is 13.8 Å². The van der Waals surface area contributed by atoms with E-state index in [1.165, 1.54) is 0 Å². The van der Waals surface area contributed by atoms with Gasteiger partial charge in [0, 0.05) is 12.7 Å². The number of aryl methyl sites for hydroxylation is 1. The molecule has 0 saturated carbocycles. The zero-order valence-corrected chi connectivity index (χ0v) is 15.0. The molecule has 2 amide bonds. The van der Waals surface area contributed by atoms with Crippen molar-refractivity contribution in [1.82, 2.24) is 9.78 Å². The number of fused-ring (bicyclic) bond motifs is 1. The van der Waals surface area contributed by atoms with E-state index in [2.05, 4.69) is 15.7 Å². The van der Waals surface area contributed by atoms with Crippen LogP contribution in [0.15, 0.2) is 42.5 Å². The number of ether oxygens (including phenoxy) is 1. The number of hydrogen-bond donors (Lipinski definition) is 2. The van der Waals surface area contributed by atoms with Crippen molar-refractivity contribution in [3.8, 4) is 5.88 Å². The van der Waals surface area contributed by atoms with Gasteiger partial charge in [0.05, 0.1) is 27.7 Å². The highest BCUT2D eigenvalue weighted by Crippen LogP contribution is 2.28. The molecule has 7 heteroatoms. The summed E-state index contributed by atoms with van der Waals surface area (Å²) >= 11 is 6.05. The molecular weight excluding hydrogens is 340 g/mol. The van der Waals surface area contributed by atoms with E-state index in [0.717, 1.165) is 10.9 Å². The maximum absolute atomic E-state index is 12.2. The molecule has 130 valence electrons. The van der Waals surface area contributed by atoms with E-state index in [0.29, 0.717) is 22.3 Å². The van der Waals surface area contributed by atoms with Crippen molar-refractivity contribution in [2.45, 2.75) is 20.0 Å². The molecule has 2 aromatic carbocycles. The molecule has 3 rings (SSSR count). The number of amides is 2. The number of anilines is 2. The number of carbonyl (C=O) groups excluding carboxylic acids is 1. The number of benzene rings is 2. The normalized spacial score (nSPS) is 10.9. The Morgan fingerprint density at radius 2 is 1.96 bits per heavy atom. The molecule has 0 unspecified atom stereocenters. The molecule has 0 aliphatic heterocycles. The number of halogens is 1. The molecule has 0 saturated heterocycles. The SMILES string of the molecule is CC(C)Oc1nn(C)c2ccc(NC(=O)Nc3ccccc3Cl)cc12. The second-order valence-corrected chi connectivity index (χ2v) is 6.29. The molecule has 1 aromatic heterocycles. The van der Waals surface area contributed by atoms with E-state index in [-0.39, 0.29) is 12.1 Å². The monoisotopic (exact) mass is 358 g/mol. The number of rotatable bonds is 4. The average Bonchev–Trinajstić information content (AvgIpc) is 2.84. The van der Waals surface area contributed by atoms with E-state index in [9.17, 15) is 4.79 Å². The van der Waals surface area contributed by atoms with Crippen molar-refractivity contribution < 1.29 is 9.53 Å². The summed E-state index contributed by atoms with van der Waals surface area (Å²) in [4.78, 5) is 12.2. The Morgan fingerprint density at radius 3 is 2.68 bits per heavy atom. The third-order valence-electron chi connectivity index (χ3n) is 3.54. The van der Waals surface area contributed by atoms with Crippen LogP contribution in [0.3, 0.4) is 0 Å². The molecule has 0 radical (unpaired) electrons. The minimum absolute atomic E-state index is 0.0123. The minimum atomic E-state index is -0.373. The molecule has 6 nitrogen and oxygen atoms in total. The third kappa shape index (κ3) is 3.85. The summed E-state index contributed by atoms with van der Waals surface area (Å²) in [5.41, 5.74) is 2.11. The molecule has 0 spiro atoms. The van der Waals surface area contributed by atoms with Crippen LogP contribution in [0.4, 0.5) is 16.2 Å². The van der Waals surface area contributed by atoms with Crippen LogP contribution in [-0.2, 0) is 7.05 Å². The number of para-hydroxylation sites is 1. The molecule has 0 fully saturated rings. The van der Waals surface area contributed by atoms with Crippen LogP contribution in [0.5, 0.6) is 5.88 Å². The Bertz CT molecular complexity index is 921. The third-order valence-corrected chi connectivity index (χ3v) is 3.87. The van der Waals surface area contributed by atoms with Crippen LogP contribution in [0.2, 0.25) is 5.02 Å². The highest BCUT2D eigenvalue weighted by atomic mass is 35.5. The molecule has 0 bridgehead atoms. The van der Waals surface area contributed by atoms with Crippen LogP contribution >= 0.6 is 11.6 Å². The van der Waals surface area contributed by atoms with E-state index in [1.807, 2.05) is 39.1 Å². The molecular formula is C18H19ClN4O2. The number of carbonyl (C=O) groups is 1. The second-order valence-electron chi connectivity index (χ2n) is 5.89. The summed E-state index contributed by atoms with van der Waals surface area (Å²) < 4.78 is 7.49. The Labute approximate surface area is 150 Å². The summed E-state index contributed by atoms with van der Waals surface area (Å²) in [5, 5.41) is 11.2. The smallest absolute Gasteiger partial charge is 0.323 e. The first-order chi connectivity index (χ1) is 11.9. The lowest BCUT2D eigenvalue weighted by atomic mass is 10.2. The van der Waals surface area contributed by atoms with Crippen molar-refractivity contribution in [3.63, 3.8) is 0 Å². The summed E-state index contributed by atoms with van der Waals surface area (Å²) in [6.07, 6.45) is 0.0123. The second kappa shape index (κ2) is 7.03. The van der Waals surface area contributed by atoms with Gasteiger partial charge in [-0.25, -0.2) is 4.79 Å². The van der Waals surface area contributed by atoms with Crippen molar-refractivity contribution in [2.75, 3.05) is 10.6 Å². The topological polar surface area (TPSA) is 68.2 Å². The van der Waals surface area contributed by atoms with E-state index in [4.69, 9.17) is 16.3 Å². The van der Waals surface area contributed by atoms with Gasteiger partial charge in [-0.15, -0.1) is 5.10 Å². The highest BCUT2D eigenvalue weighted by molar-refractivity contribution is 6.33. The standard InChI is InChI=1S/C18H19ClN4O2/c1-11(2)25-17-13-10-12(8-9-16(13)23(3)22-17)20-18(24)21-15-7-5-4-6-14(15)19/h4-11H,1-3H3,(H2,20,21,24). The van der Waals surface area contributed by atoms with Gasteiger partial charge < -0.3 is 15.4 Å². The van der Waals surface area contributed by atoms with Gasteiger partial charge in [-0.1, -0.05) is 23.7 Å². The largest absolute Gasteiger partial charge is 0.473 e. The summed E-state index contributed by atoms with van der Waals surface area (Å²) in [6.45, 7) is 3.89. The molecule has 0 aliphatic rings. The van der Waals surface area contributed by atoms with Gasteiger partial charge in [0.2, 0.25) is 5.88 Å². The Balaban J connectivity index is 1.81. The van der Waals surface area contributed by atoms with Gasteiger partial charge >= 0.3 is 6.03 Å². The first kappa shape index (κ1) is 17.1. The van der Waals surface area contributed by atoms with E-state index >= 15 is 0 Å². The number of aromatic nitrogens is 2. The molecule has 3 aromatic rings. The number of nitrogens with zero attached hydrogens (tertiary/aromatic N) is 2. The van der Waals surface area contributed by atoms with Crippen LogP contribution < -0.4 is 15.4 Å². The first-order valence-corrected chi connectivity index (χ1v) is 8.28. The lowest BCUT2D eigenvalue weighted by Gasteiger charge is -2.10. The fraction of sp³-hybridized carbons (Fsp3) is 0.222. The Kier molecular flexibility index (Phi) is 4.81. The zero-order valence-electron chi connectivity index (χ0n) is 14.2. The average molecular weight is 359 g/mol. The quantitative estimate of drug-likeness (QED) is 0.712. The van der Waals surface area contributed by atoms with Crippen molar-refractivity contribution in [1.29, 1.82) is 0 Å². The lowest BCUT2D eigenvalue weighted by Crippen LogP contribution is -2.19. The molecule has 0 atom stereocenters. The van der Waals surface area contributed by atoms with Gasteiger partial charge in [0.15, 0.2) is 0 Å². The molecule has 2 N–H and O–H groups in total. The van der Waals surface area contributed by atoms with Crippen LogP contribution in [0, 0.1) is 0 Å². The van der Waals surface area contributed by atoms with Crippen molar-refractivity contribution >= 4 is 39.9 Å². The van der Waals surface area contributed by atoms with Crippen LogP contribution in [0.25, 0.3) is 10.9 Å². The fourth-order valence-corrected chi connectivity index (χ4v) is 2.65. The molecule has 1 heterocycles. The number of urea groups is 1. The number of hydrogen-bond acceptors (Lipinski definition) is 3. The Hall–Kier alpha value is -2.73. The first-order valence-electron chi connectivity index (χ1n) is 7.90. The van der Waals surface area contributed by atoms with E-state index < -0.39 is 0 Å². The lowest BCUT2D eigenvalue weighted by molar-refractivity contribution is 0.233. The predicted molar refractivity (Wildman–Crippen MR) is 101 cm³/mol. The Morgan fingerprint density at radius 1 is 1.20 bits per heavy atom. The maximum Gasteiger partial charge on any atom is 0.323 e. The maximum atomic E-state index is 12.2.